The first-order valence-corrected chi connectivity index (χ1v) is 5.88. The average Bonchev–Trinajstić information content (AvgIpc) is 2.17. The Morgan fingerprint density at radius 3 is 2.50 bits per heavy atom. The van der Waals surface area contributed by atoms with Crippen LogP contribution in [0.3, 0.4) is 0 Å². The molecule has 0 fully saturated rings. The van der Waals surface area contributed by atoms with E-state index < -0.39 is 0 Å². The molecule has 0 aliphatic carbocycles. The van der Waals surface area contributed by atoms with Crippen molar-refractivity contribution in [3.8, 4) is 5.75 Å². The minimum atomic E-state index is 0.289. The van der Waals surface area contributed by atoms with Crippen molar-refractivity contribution in [2.45, 2.75) is 33.6 Å². The molecule has 1 aromatic carbocycles. The molecule has 0 bridgehead atoms. The quantitative estimate of drug-likeness (QED) is 0.819. The summed E-state index contributed by atoms with van der Waals surface area (Å²) < 4.78 is 0. The molecule has 2 heteroatoms. The highest BCUT2D eigenvalue weighted by Gasteiger charge is 2.12. The van der Waals surface area contributed by atoms with Crippen molar-refractivity contribution in [2.75, 3.05) is 13.6 Å². The van der Waals surface area contributed by atoms with Crippen molar-refractivity contribution in [3.63, 3.8) is 0 Å². The summed E-state index contributed by atoms with van der Waals surface area (Å²) in [5.74, 6) is 0.410. The van der Waals surface area contributed by atoms with Gasteiger partial charge < -0.3 is 10.4 Å². The summed E-state index contributed by atoms with van der Waals surface area (Å²) >= 11 is 0. The van der Waals surface area contributed by atoms with Crippen LogP contribution >= 0.6 is 0 Å². The molecule has 0 radical (unpaired) electrons. The maximum Gasteiger partial charge on any atom is 0.118 e. The van der Waals surface area contributed by atoms with Gasteiger partial charge >= 0.3 is 0 Å². The largest absolute Gasteiger partial charge is 0.508 e. The Labute approximate surface area is 98.7 Å². The summed E-state index contributed by atoms with van der Waals surface area (Å²) in [4.78, 5) is 0. The van der Waals surface area contributed by atoms with Crippen molar-refractivity contribution in [1.29, 1.82) is 0 Å². The van der Waals surface area contributed by atoms with Crippen LogP contribution in [0.4, 0.5) is 0 Å². The molecule has 0 aromatic heterocycles. The van der Waals surface area contributed by atoms with Crippen LogP contribution < -0.4 is 5.32 Å². The molecular formula is C14H23NO. The van der Waals surface area contributed by atoms with Crippen LogP contribution in [0.15, 0.2) is 18.2 Å². The third-order valence-electron chi connectivity index (χ3n) is 2.52. The molecule has 90 valence electrons. The van der Waals surface area contributed by atoms with Gasteiger partial charge in [0.2, 0.25) is 0 Å². The van der Waals surface area contributed by atoms with Crippen LogP contribution in [-0.4, -0.2) is 18.7 Å². The van der Waals surface area contributed by atoms with Crippen LogP contribution in [0.25, 0.3) is 0 Å². The number of hydrogen-bond donors (Lipinski definition) is 2. The van der Waals surface area contributed by atoms with E-state index in [2.05, 4.69) is 32.2 Å². The Morgan fingerprint density at radius 2 is 1.94 bits per heavy atom. The van der Waals surface area contributed by atoms with Gasteiger partial charge in [-0.1, -0.05) is 32.9 Å². The lowest BCUT2D eigenvalue weighted by Gasteiger charge is -2.19. The zero-order valence-electron chi connectivity index (χ0n) is 10.8. The Hall–Kier alpha value is -1.02. The molecular weight excluding hydrogens is 198 g/mol. The van der Waals surface area contributed by atoms with E-state index in [1.807, 2.05) is 19.2 Å². The second-order valence-corrected chi connectivity index (χ2v) is 5.55. The minimum absolute atomic E-state index is 0.289. The van der Waals surface area contributed by atoms with Gasteiger partial charge in [-0.25, -0.2) is 0 Å². The monoisotopic (exact) mass is 221 g/mol. The highest BCUT2D eigenvalue weighted by atomic mass is 16.3. The molecule has 1 aromatic rings. The maximum atomic E-state index is 9.73. The van der Waals surface area contributed by atoms with E-state index in [9.17, 15) is 5.11 Å². The molecule has 0 aliphatic rings. The van der Waals surface area contributed by atoms with Gasteiger partial charge in [0.1, 0.15) is 5.75 Å². The van der Waals surface area contributed by atoms with Gasteiger partial charge in [0, 0.05) is 0 Å². The van der Waals surface area contributed by atoms with E-state index in [0.29, 0.717) is 5.75 Å². The van der Waals surface area contributed by atoms with E-state index in [1.54, 1.807) is 0 Å². The number of phenols is 1. The summed E-state index contributed by atoms with van der Waals surface area (Å²) in [5.41, 5.74) is 2.63. The molecule has 0 atom stereocenters. The Bertz CT molecular complexity index is 339. The summed E-state index contributed by atoms with van der Waals surface area (Å²) in [5, 5.41) is 12.8. The molecule has 2 N–H and O–H groups in total. The predicted octanol–water partition coefficient (Wildman–Crippen LogP) is 2.74. The first-order chi connectivity index (χ1) is 7.42. The van der Waals surface area contributed by atoms with E-state index in [-0.39, 0.29) is 5.41 Å². The number of likely N-dealkylation sites (N-methyl/N-ethyl adjacent to an activating group) is 1. The van der Waals surface area contributed by atoms with E-state index in [4.69, 9.17) is 0 Å². The number of hydrogen-bond acceptors (Lipinski definition) is 2. The lowest BCUT2D eigenvalue weighted by atomic mass is 9.87. The molecule has 0 aliphatic heterocycles. The fourth-order valence-electron chi connectivity index (χ4n) is 1.82. The fraction of sp³-hybridized carbons (Fsp3) is 0.571. The first-order valence-electron chi connectivity index (χ1n) is 5.88. The van der Waals surface area contributed by atoms with E-state index in [1.165, 1.54) is 5.56 Å². The van der Waals surface area contributed by atoms with Gasteiger partial charge in [-0.15, -0.1) is 0 Å². The van der Waals surface area contributed by atoms with Crippen molar-refractivity contribution in [1.82, 2.24) is 5.32 Å². The number of phenolic OH excluding ortho intramolecular Hbond substituents is 1. The lowest BCUT2D eigenvalue weighted by molar-refractivity contribution is 0.410. The van der Waals surface area contributed by atoms with E-state index in [0.717, 1.165) is 24.9 Å². The molecule has 0 unspecified atom stereocenters. The molecule has 0 amide bonds. The molecule has 1 rings (SSSR count). The normalized spacial score (nSPS) is 11.8. The Morgan fingerprint density at radius 1 is 1.25 bits per heavy atom. The fourth-order valence-corrected chi connectivity index (χ4v) is 1.82. The summed E-state index contributed by atoms with van der Waals surface area (Å²) in [6.07, 6.45) is 1.92. The average molecular weight is 221 g/mol. The van der Waals surface area contributed by atoms with Gasteiger partial charge in [0.15, 0.2) is 0 Å². The molecule has 0 saturated heterocycles. The predicted molar refractivity (Wildman–Crippen MR) is 68.9 cm³/mol. The highest BCUT2D eigenvalue weighted by molar-refractivity contribution is 5.36. The SMILES string of the molecule is CNCCc1cc(CC(C)(C)C)ccc1O. The standard InChI is InChI=1S/C14H23NO/c1-14(2,3)10-11-5-6-13(16)12(9-11)7-8-15-4/h5-6,9,15-16H,7-8,10H2,1-4H3. The van der Waals surface area contributed by atoms with Gasteiger partial charge in [0.25, 0.3) is 0 Å². The van der Waals surface area contributed by atoms with Crippen molar-refractivity contribution >= 4 is 0 Å². The Kier molecular flexibility index (Phi) is 4.36. The van der Waals surface area contributed by atoms with Gasteiger partial charge in [0.05, 0.1) is 0 Å². The second-order valence-electron chi connectivity index (χ2n) is 5.55. The van der Waals surface area contributed by atoms with Crippen molar-refractivity contribution in [2.24, 2.45) is 5.41 Å². The second kappa shape index (κ2) is 5.35. The van der Waals surface area contributed by atoms with Crippen molar-refractivity contribution < 1.29 is 5.11 Å². The minimum Gasteiger partial charge on any atom is -0.508 e. The number of nitrogens with one attached hydrogen (secondary N) is 1. The molecule has 0 saturated carbocycles. The molecule has 0 heterocycles. The summed E-state index contributed by atoms with van der Waals surface area (Å²) in [6.45, 7) is 7.58. The van der Waals surface area contributed by atoms with Gasteiger partial charge in [-0.3, -0.25) is 0 Å². The number of rotatable bonds is 4. The van der Waals surface area contributed by atoms with Crippen LogP contribution in [0, 0.1) is 5.41 Å². The topological polar surface area (TPSA) is 32.3 Å². The third-order valence-corrected chi connectivity index (χ3v) is 2.52. The van der Waals surface area contributed by atoms with Crippen LogP contribution in [-0.2, 0) is 12.8 Å². The lowest BCUT2D eigenvalue weighted by Crippen LogP contribution is -2.12. The zero-order chi connectivity index (χ0) is 12.2. The van der Waals surface area contributed by atoms with Crippen LogP contribution in [0.2, 0.25) is 0 Å². The zero-order valence-corrected chi connectivity index (χ0v) is 10.8. The highest BCUT2D eigenvalue weighted by Crippen LogP contribution is 2.25. The molecule has 0 spiro atoms. The van der Waals surface area contributed by atoms with E-state index >= 15 is 0 Å². The number of benzene rings is 1. The van der Waals surface area contributed by atoms with Crippen LogP contribution in [0.1, 0.15) is 31.9 Å². The first kappa shape index (κ1) is 13.0. The van der Waals surface area contributed by atoms with Crippen LogP contribution in [0.5, 0.6) is 5.75 Å². The third kappa shape index (κ3) is 4.23. The molecule has 16 heavy (non-hydrogen) atoms. The smallest absolute Gasteiger partial charge is 0.118 e. The summed E-state index contributed by atoms with van der Waals surface area (Å²) in [7, 11) is 1.93. The maximum absolute atomic E-state index is 9.73. The van der Waals surface area contributed by atoms with Crippen molar-refractivity contribution in [3.05, 3.63) is 29.3 Å². The Balaban J connectivity index is 2.81. The van der Waals surface area contributed by atoms with Gasteiger partial charge in [-0.05, 0) is 49.0 Å². The van der Waals surface area contributed by atoms with Gasteiger partial charge in [-0.2, -0.15) is 0 Å². The summed E-state index contributed by atoms with van der Waals surface area (Å²) in [6, 6.07) is 5.95. The molecule has 2 nitrogen and oxygen atoms in total. The number of aromatic hydroxyl groups is 1.